The van der Waals surface area contributed by atoms with Crippen molar-refractivity contribution in [2.24, 2.45) is 0 Å². The fourth-order valence-electron chi connectivity index (χ4n) is 2.45. The molecule has 0 aliphatic carbocycles. The Kier molecular flexibility index (Phi) is 4.78. The molecule has 2 aliphatic heterocycles. The van der Waals surface area contributed by atoms with Crippen molar-refractivity contribution in [3.05, 3.63) is 40.3 Å². The number of hydrogen-bond acceptors (Lipinski definition) is 6. The Hall–Kier alpha value is -2.12. The van der Waals surface area contributed by atoms with E-state index in [4.69, 9.17) is 4.74 Å². The van der Waals surface area contributed by atoms with Gasteiger partial charge >= 0.3 is 5.97 Å². The van der Waals surface area contributed by atoms with Crippen LogP contribution < -0.4 is 10.6 Å². The van der Waals surface area contributed by atoms with Crippen LogP contribution >= 0.6 is 11.8 Å². The largest absolute Gasteiger partial charge is 0.460 e. The molecule has 0 radical (unpaired) electrons. The summed E-state index contributed by atoms with van der Waals surface area (Å²) < 4.78 is 5.29. The molecule has 2 N–H and O–H groups in total. The molecule has 0 bridgehead atoms. The first kappa shape index (κ1) is 15.8. The number of hydrogen-bond donors (Lipinski definition) is 2. The molecule has 0 aromatic heterocycles. The zero-order chi connectivity index (χ0) is 16.2. The first-order valence-electron chi connectivity index (χ1n) is 7.37. The van der Waals surface area contributed by atoms with Crippen LogP contribution in [0, 0.1) is 0 Å². The number of thioether (sulfide) groups is 1. The highest BCUT2D eigenvalue weighted by atomic mass is 32.2. The maximum Gasteiger partial charge on any atom is 0.338 e. The van der Waals surface area contributed by atoms with Crippen LogP contribution in [0.3, 0.4) is 0 Å². The molecule has 6 nitrogen and oxygen atoms in total. The number of esters is 1. The molecule has 120 valence electrons. The first-order chi connectivity index (χ1) is 11.1. The van der Waals surface area contributed by atoms with Gasteiger partial charge in [-0.1, -0.05) is 12.1 Å². The molecule has 23 heavy (non-hydrogen) atoms. The van der Waals surface area contributed by atoms with Crippen molar-refractivity contribution in [2.75, 3.05) is 13.2 Å². The van der Waals surface area contributed by atoms with Crippen LogP contribution in [0.5, 0.6) is 0 Å². The van der Waals surface area contributed by atoms with E-state index in [2.05, 4.69) is 10.6 Å². The zero-order valence-electron chi connectivity index (χ0n) is 12.3. The SMILES string of the molecule is O=C1NC(=O)/C(=C/c2ccc(C(=O)OC[C@H]3CCCN3)cc2)S1. The number of nitrogens with one attached hydrogen (secondary N) is 2. The minimum absolute atomic E-state index is 0.249. The van der Waals surface area contributed by atoms with Gasteiger partial charge in [0.1, 0.15) is 6.61 Å². The molecular weight excluding hydrogens is 316 g/mol. The van der Waals surface area contributed by atoms with E-state index in [1.54, 1.807) is 30.3 Å². The maximum absolute atomic E-state index is 12.0. The molecule has 2 heterocycles. The van der Waals surface area contributed by atoms with Crippen molar-refractivity contribution < 1.29 is 19.1 Å². The predicted octanol–water partition coefficient (Wildman–Crippen LogP) is 1.92. The quantitative estimate of drug-likeness (QED) is 0.647. The number of carbonyl (C=O) groups excluding carboxylic acids is 3. The molecule has 7 heteroatoms. The van der Waals surface area contributed by atoms with Gasteiger partial charge in [0.05, 0.1) is 10.5 Å². The highest BCUT2D eigenvalue weighted by Crippen LogP contribution is 2.25. The molecule has 1 aromatic rings. The van der Waals surface area contributed by atoms with Crippen LogP contribution in [0.25, 0.3) is 6.08 Å². The number of benzene rings is 1. The van der Waals surface area contributed by atoms with Gasteiger partial charge in [0, 0.05) is 6.04 Å². The third-order valence-electron chi connectivity index (χ3n) is 3.66. The van der Waals surface area contributed by atoms with Crippen molar-refractivity contribution >= 4 is 35.0 Å². The average Bonchev–Trinajstić information content (AvgIpc) is 3.16. The summed E-state index contributed by atoms with van der Waals surface area (Å²) in [5.41, 5.74) is 1.20. The molecule has 2 aliphatic rings. The van der Waals surface area contributed by atoms with E-state index in [9.17, 15) is 14.4 Å². The van der Waals surface area contributed by atoms with Crippen molar-refractivity contribution in [3.8, 4) is 0 Å². The predicted molar refractivity (Wildman–Crippen MR) is 86.9 cm³/mol. The summed E-state index contributed by atoms with van der Waals surface area (Å²) in [7, 11) is 0. The Morgan fingerprint density at radius 2 is 2.09 bits per heavy atom. The smallest absolute Gasteiger partial charge is 0.338 e. The van der Waals surface area contributed by atoms with Gasteiger partial charge in [0.25, 0.3) is 11.1 Å². The summed E-state index contributed by atoms with van der Waals surface area (Å²) in [5.74, 6) is -0.756. The zero-order valence-corrected chi connectivity index (χ0v) is 13.2. The van der Waals surface area contributed by atoms with Crippen LogP contribution in [-0.2, 0) is 9.53 Å². The van der Waals surface area contributed by atoms with E-state index >= 15 is 0 Å². The van der Waals surface area contributed by atoms with E-state index in [-0.39, 0.29) is 17.3 Å². The minimum Gasteiger partial charge on any atom is -0.460 e. The second-order valence-corrected chi connectivity index (χ2v) is 6.38. The van der Waals surface area contributed by atoms with Crippen LogP contribution in [-0.4, -0.2) is 36.3 Å². The summed E-state index contributed by atoms with van der Waals surface area (Å²) in [5, 5.41) is 5.09. The Labute approximate surface area is 137 Å². The lowest BCUT2D eigenvalue weighted by Gasteiger charge is -2.10. The molecule has 2 saturated heterocycles. The Morgan fingerprint density at radius 3 is 2.70 bits per heavy atom. The van der Waals surface area contributed by atoms with Crippen molar-refractivity contribution in [1.82, 2.24) is 10.6 Å². The Bertz CT molecular complexity index is 663. The summed E-state index contributed by atoms with van der Waals surface area (Å²) in [4.78, 5) is 34.9. The first-order valence-corrected chi connectivity index (χ1v) is 8.19. The van der Waals surface area contributed by atoms with Gasteiger partial charge in [-0.2, -0.15) is 0 Å². The highest BCUT2D eigenvalue weighted by Gasteiger charge is 2.24. The lowest BCUT2D eigenvalue weighted by molar-refractivity contribution is -0.115. The third-order valence-corrected chi connectivity index (χ3v) is 4.47. The Balaban J connectivity index is 1.60. The van der Waals surface area contributed by atoms with Crippen LogP contribution in [0.4, 0.5) is 4.79 Å². The van der Waals surface area contributed by atoms with E-state index < -0.39 is 5.91 Å². The normalized spacial score (nSPS) is 22.4. The van der Waals surface area contributed by atoms with Crippen molar-refractivity contribution in [1.29, 1.82) is 0 Å². The third kappa shape index (κ3) is 4.00. The van der Waals surface area contributed by atoms with Crippen LogP contribution in [0.1, 0.15) is 28.8 Å². The molecule has 1 atom stereocenters. The lowest BCUT2D eigenvalue weighted by Crippen LogP contribution is -2.28. The number of ether oxygens (including phenoxy) is 1. The van der Waals surface area contributed by atoms with E-state index in [0.717, 1.165) is 36.7 Å². The number of rotatable bonds is 4. The second kappa shape index (κ2) is 6.97. The molecule has 1 aromatic carbocycles. The minimum atomic E-state index is -0.396. The van der Waals surface area contributed by atoms with E-state index in [1.165, 1.54) is 0 Å². The summed E-state index contributed by atoms with van der Waals surface area (Å²) in [6.07, 6.45) is 3.75. The average molecular weight is 332 g/mol. The molecule has 2 fully saturated rings. The standard InChI is InChI=1S/C16H16N2O4S/c19-14-13(23-16(21)18-14)8-10-3-5-11(6-4-10)15(20)22-9-12-2-1-7-17-12/h3-6,8,12,17H,1-2,7,9H2,(H,18,19,21)/b13-8-/t12-/m1/s1. The molecule has 0 spiro atoms. The highest BCUT2D eigenvalue weighted by molar-refractivity contribution is 8.18. The molecule has 0 unspecified atom stereocenters. The van der Waals surface area contributed by atoms with Gasteiger partial charge in [-0.3, -0.25) is 14.9 Å². The van der Waals surface area contributed by atoms with Crippen molar-refractivity contribution in [2.45, 2.75) is 18.9 Å². The molecular formula is C16H16N2O4S. The van der Waals surface area contributed by atoms with Gasteiger partial charge in [-0.15, -0.1) is 0 Å². The molecule has 3 rings (SSSR count). The topological polar surface area (TPSA) is 84.5 Å². The summed E-state index contributed by atoms with van der Waals surface area (Å²) >= 11 is 0.864. The Morgan fingerprint density at radius 1 is 1.30 bits per heavy atom. The van der Waals surface area contributed by atoms with Crippen LogP contribution in [0.15, 0.2) is 29.2 Å². The maximum atomic E-state index is 12.0. The monoisotopic (exact) mass is 332 g/mol. The number of carbonyl (C=O) groups is 3. The van der Waals surface area contributed by atoms with Gasteiger partial charge in [0.2, 0.25) is 0 Å². The number of amides is 2. The van der Waals surface area contributed by atoms with E-state index in [1.807, 2.05) is 0 Å². The van der Waals surface area contributed by atoms with Crippen LogP contribution in [0.2, 0.25) is 0 Å². The fraction of sp³-hybridized carbons (Fsp3) is 0.312. The van der Waals surface area contributed by atoms with Gasteiger partial charge < -0.3 is 10.1 Å². The van der Waals surface area contributed by atoms with Gasteiger partial charge in [-0.05, 0) is 54.9 Å². The van der Waals surface area contributed by atoms with Gasteiger partial charge in [-0.25, -0.2) is 4.79 Å². The lowest BCUT2D eigenvalue weighted by atomic mass is 10.1. The molecule has 2 amide bonds. The van der Waals surface area contributed by atoms with E-state index in [0.29, 0.717) is 17.1 Å². The fourth-order valence-corrected chi connectivity index (χ4v) is 3.13. The number of imide groups is 1. The second-order valence-electron chi connectivity index (χ2n) is 5.37. The summed E-state index contributed by atoms with van der Waals surface area (Å²) in [6, 6.07) is 6.98. The molecule has 0 saturated carbocycles. The van der Waals surface area contributed by atoms with Crippen molar-refractivity contribution in [3.63, 3.8) is 0 Å². The van der Waals surface area contributed by atoms with Gasteiger partial charge in [0.15, 0.2) is 0 Å². The summed E-state index contributed by atoms with van der Waals surface area (Å²) in [6.45, 7) is 1.35.